The summed E-state index contributed by atoms with van der Waals surface area (Å²) in [5, 5.41) is 0. The van der Waals surface area contributed by atoms with Crippen molar-refractivity contribution in [2.45, 2.75) is 20.3 Å². The van der Waals surface area contributed by atoms with Gasteiger partial charge in [-0.25, -0.2) is 0 Å². The summed E-state index contributed by atoms with van der Waals surface area (Å²) in [4.78, 5) is 10.1. The van der Waals surface area contributed by atoms with E-state index in [9.17, 15) is 4.79 Å². The van der Waals surface area contributed by atoms with Crippen LogP contribution in [-0.2, 0) is 4.79 Å². The molecule has 1 fully saturated rings. The van der Waals surface area contributed by atoms with Crippen LogP contribution in [0.5, 0.6) is 0 Å². The minimum Gasteiger partial charge on any atom is -0.291 e. The zero-order valence-corrected chi connectivity index (χ0v) is 5.35. The predicted molar refractivity (Wildman–Crippen MR) is 32.1 cm³/mol. The molecule has 2 atom stereocenters. The van der Waals surface area contributed by atoms with Crippen LogP contribution in [-0.4, -0.2) is 6.29 Å². The summed E-state index contributed by atoms with van der Waals surface area (Å²) in [7, 11) is 0. The summed E-state index contributed by atoms with van der Waals surface area (Å²) >= 11 is 0. The summed E-state index contributed by atoms with van der Waals surface area (Å²) in [5.74, 6) is 1.44. The van der Waals surface area contributed by atoms with Gasteiger partial charge in [0, 0.05) is 5.92 Å². The Bertz CT molecular complexity index is 90.6. The van der Waals surface area contributed by atoms with Gasteiger partial charge in [-0.15, -0.1) is 0 Å². The average molecular weight is 111 g/mol. The maximum Gasteiger partial charge on any atom is 0.202 e. The average Bonchev–Trinajstić information content (AvgIpc) is 1.67. The van der Waals surface area contributed by atoms with E-state index in [2.05, 4.69) is 20.1 Å². The molecule has 2 unspecified atom stereocenters. The fourth-order valence-electron chi connectivity index (χ4n) is 1.48. The number of hydrogen-bond donors (Lipinski definition) is 0. The SMILES string of the molecule is CC1CC(C)C1[C]=O. The predicted octanol–water partition coefficient (Wildman–Crippen LogP) is 1.39. The third kappa shape index (κ3) is 0.662. The maximum absolute atomic E-state index is 10.1. The Hall–Kier alpha value is -0.330. The Balaban J connectivity index is 2.39. The highest BCUT2D eigenvalue weighted by atomic mass is 16.1. The molecule has 1 aliphatic rings. The van der Waals surface area contributed by atoms with Gasteiger partial charge in [-0.1, -0.05) is 13.8 Å². The lowest BCUT2D eigenvalue weighted by molar-refractivity contribution is 0.162. The number of hydrogen-bond acceptors (Lipinski definition) is 1. The second-order valence-corrected chi connectivity index (χ2v) is 2.83. The highest BCUT2D eigenvalue weighted by Gasteiger charge is 2.34. The standard InChI is InChI=1S/C7H11O/c1-5-3-6(2)7(5)4-8/h5-7H,3H2,1-2H3. The topological polar surface area (TPSA) is 17.1 Å². The van der Waals surface area contributed by atoms with Crippen LogP contribution in [0.25, 0.3) is 0 Å². The lowest BCUT2D eigenvalue weighted by Crippen LogP contribution is -2.33. The Labute approximate surface area is 50.1 Å². The first-order valence-corrected chi connectivity index (χ1v) is 3.13. The molecule has 1 aliphatic carbocycles. The van der Waals surface area contributed by atoms with E-state index in [1.54, 1.807) is 0 Å². The second-order valence-electron chi connectivity index (χ2n) is 2.83. The quantitative estimate of drug-likeness (QED) is 0.499. The third-order valence-electron chi connectivity index (χ3n) is 2.11. The molecule has 1 saturated carbocycles. The van der Waals surface area contributed by atoms with E-state index in [0.29, 0.717) is 11.8 Å². The van der Waals surface area contributed by atoms with Gasteiger partial charge < -0.3 is 0 Å². The van der Waals surface area contributed by atoms with Crippen LogP contribution < -0.4 is 0 Å². The van der Waals surface area contributed by atoms with Gasteiger partial charge in [-0.3, -0.25) is 4.79 Å². The lowest BCUT2D eigenvalue weighted by atomic mass is 9.67. The first-order valence-electron chi connectivity index (χ1n) is 3.13. The van der Waals surface area contributed by atoms with Gasteiger partial charge in [-0.05, 0) is 18.3 Å². The summed E-state index contributed by atoms with van der Waals surface area (Å²) < 4.78 is 0. The zero-order valence-electron chi connectivity index (χ0n) is 5.35. The van der Waals surface area contributed by atoms with Crippen LogP contribution in [0.2, 0.25) is 0 Å². The number of rotatable bonds is 1. The van der Waals surface area contributed by atoms with Gasteiger partial charge in [0.25, 0.3) is 0 Å². The van der Waals surface area contributed by atoms with Gasteiger partial charge in [0.2, 0.25) is 6.29 Å². The van der Waals surface area contributed by atoms with E-state index in [-0.39, 0.29) is 5.92 Å². The van der Waals surface area contributed by atoms with Gasteiger partial charge in [0.1, 0.15) is 0 Å². The molecule has 0 heterocycles. The minimum absolute atomic E-state index is 0.245. The first kappa shape index (κ1) is 5.80. The van der Waals surface area contributed by atoms with Gasteiger partial charge in [-0.2, -0.15) is 0 Å². The summed E-state index contributed by atoms with van der Waals surface area (Å²) in [5.41, 5.74) is 0. The normalized spacial score (nSPS) is 45.5. The zero-order chi connectivity index (χ0) is 6.15. The Morgan fingerprint density at radius 3 is 2.00 bits per heavy atom. The monoisotopic (exact) mass is 111 g/mol. The first-order chi connectivity index (χ1) is 3.75. The molecule has 0 spiro atoms. The molecule has 0 saturated heterocycles. The largest absolute Gasteiger partial charge is 0.291 e. The molecule has 45 valence electrons. The molecule has 8 heavy (non-hydrogen) atoms. The molecular weight excluding hydrogens is 100 g/mol. The van der Waals surface area contributed by atoms with E-state index in [1.165, 1.54) is 6.42 Å². The van der Waals surface area contributed by atoms with E-state index in [1.807, 2.05) is 0 Å². The van der Waals surface area contributed by atoms with Crippen LogP contribution >= 0.6 is 0 Å². The fourth-order valence-corrected chi connectivity index (χ4v) is 1.48. The third-order valence-corrected chi connectivity index (χ3v) is 2.11. The van der Waals surface area contributed by atoms with E-state index in [4.69, 9.17) is 0 Å². The maximum atomic E-state index is 10.1. The van der Waals surface area contributed by atoms with Crippen molar-refractivity contribution in [2.24, 2.45) is 17.8 Å². The molecule has 0 bridgehead atoms. The highest BCUT2D eigenvalue weighted by molar-refractivity contribution is 5.57. The van der Waals surface area contributed by atoms with E-state index >= 15 is 0 Å². The lowest BCUT2D eigenvalue weighted by Gasteiger charge is -2.36. The summed E-state index contributed by atoms with van der Waals surface area (Å²) in [6.45, 7) is 4.21. The second kappa shape index (κ2) is 1.88. The van der Waals surface area contributed by atoms with E-state index in [0.717, 1.165) is 0 Å². The van der Waals surface area contributed by atoms with Crippen LogP contribution in [0.3, 0.4) is 0 Å². The van der Waals surface area contributed by atoms with Crippen LogP contribution in [0.4, 0.5) is 0 Å². The van der Waals surface area contributed by atoms with Crippen molar-refractivity contribution in [2.75, 3.05) is 0 Å². The minimum atomic E-state index is 0.245. The van der Waals surface area contributed by atoms with Crippen molar-refractivity contribution in [3.63, 3.8) is 0 Å². The van der Waals surface area contributed by atoms with Crippen molar-refractivity contribution in [1.82, 2.24) is 0 Å². The molecule has 1 heteroatoms. The summed E-state index contributed by atoms with van der Waals surface area (Å²) in [6.07, 6.45) is 3.26. The summed E-state index contributed by atoms with van der Waals surface area (Å²) in [6, 6.07) is 0. The van der Waals surface area contributed by atoms with Crippen molar-refractivity contribution in [1.29, 1.82) is 0 Å². The fraction of sp³-hybridized carbons (Fsp3) is 0.857. The molecule has 0 N–H and O–H groups in total. The van der Waals surface area contributed by atoms with Crippen molar-refractivity contribution >= 4 is 6.29 Å². The molecule has 0 aromatic rings. The Kier molecular flexibility index (Phi) is 1.37. The van der Waals surface area contributed by atoms with Crippen LogP contribution in [0, 0.1) is 17.8 Å². The highest BCUT2D eigenvalue weighted by Crippen LogP contribution is 2.37. The van der Waals surface area contributed by atoms with E-state index < -0.39 is 0 Å². The molecular formula is C7H11O. The van der Waals surface area contributed by atoms with Gasteiger partial charge in [0.15, 0.2) is 0 Å². The van der Waals surface area contributed by atoms with Crippen LogP contribution in [0.15, 0.2) is 0 Å². The van der Waals surface area contributed by atoms with Crippen molar-refractivity contribution in [3.8, 4) is 0 Å². The molecule has 0 aromatic carbocycles. The van der Waals surface area contributed by atoms with Crippen LogP contribution in [0.1, 0.15) is 20.3 Å². The molecule has 1 rings (SSSR count). The van der Waals surface area contributed by atoms with Crippen molar-refractivity contribution in [3.05, 3.63) is 0 Å². The van der Waals surface area contributed by atoms with Gasteiger partial charge in [0.05, 0.1) is 0 Å². The van der Waals surface area contributed by atoms with Gasteiger partial charge >= 0.3 is 0 Å². The Morgan fingerprint density at radius 2 is 1.88 bits per heavy atom. The molecule has 0 aromatic heterocycles. The molecule has 0 amide bonds. The number of carbonyl (C=O) groups excluding carboxylic acids is 1. The Morgan fingerprint density at radius 1 is 1.38 bits per heavy atom. The van der Waals surface area contributed by atoms with Crippen molar-refractivity contribution < 1.29 is 4.79 Å². The molecule has 0 aliphatic heterocycles. The smallest absolute Gasteiger partial charge is 0.202 e. The molecule has 1 nitrogen and oxygen atoms in total. The molecule has 1 radical (unpaired) electrons.